The van der Waals surface area contributed by atoms with Gasteiger partial charge >= 0.3 is 5.95 Å². The number of carbonyl (C=O) groups excluding carboxylic acids is 1. The molecule has 0 spiro atoms. The lowest BCUT2D eigenvalue weighted by Gasteiger charge is -2.16. The van der Waals surface area contributed by atoms with Crippen molar-refractivity contribution in [1.82, 2.24) is 20.3 Å². The Labute approximate surface area is 232 Å². The van der Waals surface area contributed by atoms with E-state index in [-0.39, 0.29) is 22.9 Å². The Morgan fingerprint density at radius 1 is 0.900 bits per heavy atom. The molecule has 0 atom stereocenters. The van der Waals surface area contributed by atoms with E-state index < -0.39 is 0 Å². The fourth-order valence-electron chi connectivity index (χ4n) is 4.88. The van der Waals surface area contributed by atoms with Crippen LogP contribution in [0.25, 0.3) is 32.8 Å². The maximum Gasteiger partial charge on any atom is 0.460 e. The van der Waals surface area contributed by atoms with Crippen LogP contribution in [0.1, 0.15) is 34.3 Å². The number of aryl methyl sites for hydroxylation is 2. The summed E-state index contributed by atoms with van der Waals surface area (Å²) >= 11 is 0. The summed E-state index contributed by atoms with van der Waals surface area (Å²) < 4.78 is 0.665. The van der Waals surface area contributed by atoms with Gasteiger partial charge in [0, 0.05) is 34.8 Å². The average molecular weight is 540 g/mol. The van der Waals surface area contributed by atoms with E-state index in [1.807, 2.05) is 57.3 Å². The Bertz CT molecular complexity index is 1710. The van der Waals surface area contributed by atoms with E-state index in [4.69, 9.17) is 4.98 Å². The van der Waals surface area contributed by atoms with Gasteiger partial charge in [-0.25, -0.2) is 9.71 Å². The van der Waals surface area contributed by atoms with Crippen molar-refractivity contribution in [2.75, 3.05) is 38.5 Å². The zero-order chi connectivity index (χ0) is 28.2. The van der Waals surface area contributed by atoms with Crippen LogP contribution in [0.5, 0.6) is 0 Å². The highest BCUT2D eigenvalue weighted by Gasteiger charge is 2.20. The second-order valence-corrected chi connectivity index (χ2v) is 10.2. The van der Waals surface area contributed by atoms with Crippen LogP contribution in [0, 0.1) is 24.3 Å². The van der Waals surface area contributed by atoms with Crippen molar-refractivity contribution >= 4 is 44.7 Å². The van der Waals surface area contributed by atoms with Gasteiger partial charge < -0.3 is 20.6 Å². The predicted molar refractivity (Wildman–Crippen MR) is 156 cm³/mol. The molecule has 10 nitrogen and oxygen atoms in total. The van der Waals surface area contributed by atoms with E-state index in [1.165, 1.54) is 0 Å². The molecule has 3 aromatic carbocycles. The van der Waals surface area contributed by atoms with E-state index in [0.717, 1.165) is 53.3 Å². The molecule has 2 aromatic heterocycles. The number of pyridine rings is 1. The number of anilines is 1. The molecule has 2 N–H and O–H groups in total. The lowest BCUT2D eigenvalue weighted by Crippen LogP contribution is -2.44. The van der Waals surface area contributed by atoms with Crippen molar-refractivity contribution in [2.24, 2.45) is 0 Å². The molecule has 0 saturated heterocycles. The highest BCUT2D eigenvalue weighted by Crippen LogP contribution is 2.24. The van der Waals surface area contributed by atoms with Gasteiger partial charge in [0.1, 0.15) is 0 Å². The first-order chi connectivity index (χ1) is 19.3. The van der Waals surface area contributed by atoms with Crippen LogP contribution in [0.15, 0.2) is 60.7 Å². The van der Waals surface area contributed by atoms with Gasteiger partial charge in [-0.15, -0.1) is 0 Å². The minimum Gasteiger partial charge on any atom is -0.739 e. The molecular weight excluding hydrogens is 506 g/mol. The zero-order valence-electron chi connectivity index (χ0n) is 23.0. The lowest BCUT2D eigenvalue weighted by atomic mass is 10.0. The van der Waals surface area contributed by atoms with Gasteiger partial charge in [0.2, 0.25) is 5.10 Å². The number of hydrogen-bond acceptors (Lipinski definition) is 7. The Hall–Kier alpha value is -4.57. The number of hydrogen-bond donors (Lipinski definition) is 2. The molecule has 0 unspecified atom stereocenters. The molecule has 0 radical (unpaired) electrons. The van der Waals surface area contributed by atoms with Gasteiger partial charge in [-0.2, -0.15) is 0 Å². The quantitative estimate of drug-likeness (QED) is 0.121. The summed E-state index contributed by atoms with van der Waals surface area (Å²) in [5.74, 6) is -0.137. The molecule has 0 bridgehead atoms. The third-order valence-electron chi connectivity index (χ3n) is 7.05. The summed E-state index contributed by atoms with van der Waals surface area (Å²) in [6.07, 6.45) is 1.54. The van der Waals surface area contributed by atoms with Gasteiger partial charge in [0.15, 0.2) is 5.52 Å². The third kappa shape index (κ3) is 5.72. The number of nitrogens with one attached hydrogen (secondary N) is 2. The molecule has 0 saturated carbocycles. The topological polar surface area (TPSA) is 124 Å². The number of nitrogens with zero attached hydrogens (tertiary/aromatic N) is 5. The predicted octanol–water partition coefficient (Wildman–Crippen LogP) is 3.37. The molecule has 0 fully saturated rings. The van der Waals surface area contributed by atoms with Crippen molar-refractivity contribution < 1.29 is 14.4 Å². The van der Waals surface area contributed by atoms with Crippen molar-refractivity contribution in [2.45, 2.75) is 26.7 Å². The molecule has 1 amide bonds. The molecule has 206 valence electrons. The van der Waals surface area contributed by atoms with Crippen molar-refractivity contribution in [1.29, 1.82) is 0 Å². The van der Waals surface area contributed by atoms with Crippen molar-refractivity contribution in [3.8, 4) is 0 Å². The first-order valence-corrected chi connectivity index (χ1v) is 13.5. The summed E-state index contributed by atoms with van der Waals surface area (Å²) in [6.45, 7) is 6.52. The minimum absolute atomic E-state index is 0.00968. The van der Waals surface area contributed by atoms with Crippen LogP contribution < -0.4 is 20.2 Å². The van der Waals surface area contributed by atoms with E-state index in [9.17, 15) is 15.2 Å². The van der Waals surface area contributed by atoms with Gasteiger partial charge in [-0.05, 0) is 69.6 Å². The monoisotopic (exact) mass is 539 g/mol. The Kier molecular flexibility index (Phi) is 7.88. The van der Waals surface area contributed by atoms with Crippen LogP contribution in [-0.4, -0.2) is 54.1 Å². The Morgan fingerprint density at radius 3 is 2.42 bits per heavy atom. The van der Waals surface area contributed by atoms with Gasteiger partial charge in [0.25, 0.3) is 11.4 Å². The summed E-state index contributed by atoms with van der Waals surface area (Å²) in [6, 6.07) is 18.9. The smallest absolute Gasteiger partial charge is 0.460 e. The Morgan fingerprint density at radius 2 is 1.62 bits per heavy atom. The Balaban J connectivity index is 1.09. The van der Waals surface area contributed by atoms with Crippen LogP contribution >= 0.6 is 0 Å². The van der Waals surface area contributed by atoms with E-state index in [0.29, 0.717) is 33.7 Å². The molecule has 0 aliphatic rings. The molecule has 5 rings (SSSR count). The van der Waals surface area contributed by atoms with E-state index in [1.54, 1.807) is 18.2 Å². The van der Waals surface area contributed by atoms with Crippen LogP contribution in [-0.2, 0) is 0 Å². The van der Waals surface area contributed by atoms with Gasteiger partial charge in [-0.1, -0.05) is 36.4 Å². The first-order valence-electron chi connectivity index (χ1n) is 13.5. The zero-order valence-corrected chi connectivity index (χ0v) is 23.0. The standard InChI is InChI=1S/C30H33N7O3/c1-20-12-13-25-26(18-20)36(39)30(34-37(25)40)32-15-7-17-35(3)16-6-14-31-29(38)24-11-5-10-23-19-22-9-4-8-21(2)27(22)33-28(23)24/h4-5,8-13,18-19H,6-7,14-17H2,1-3H3,(H,31,38)(H,32,34). The number of carbonyl (C=O) groups is 1. The number of benzene rings is 3. The SMILES string of the molecule is Cc1ccc2c(c1)[n+]([O-])c(NCCCN(C)CCCNC(=O)c1cccc3cc4cccc(C)c4nc13)n[n+]2[O-]. The second-order valence-electron chi connectivity index (χ2n) is 10.2. The van der Waals surface area contributed by atoms with E-state index >= 15 is 0 Å². The fraction of sp³-hybridized carbons (Fsp3) is 0.300. The number of para-hydroxylation sites is 2. The van der Waals surface area contributed by atoms with Crippen LogP contribution in [0.3, 0.4) is 0 Å². The normalized spacial score (nSPS) is 11.5. The van der Waals surface area contributed by atoms with E-state index in [2.05, 4.69) is 26.7 Å². The molecule has 5 aromatic rings. The van der Waals surface area contributed by atoms with Crippen LogP contribution in [0.2, 0.25) is 0 Å². The highest BCUT2D eigenvalue weighted by molar-refractivity contribution is 6.08. The maximum atomic E-state index is 13.0. The molecule has 0 aliphatic heterocycles. The lowest BCUT2D eigenvalue weighted by molar-refractivity contribution is -0.672. The van der Waals surface area contributed by atoms with Crippen molar-refractivity contribution in [3.05, 3.63) is 87.8 Å². The largest absolute Gasteiger partial charge is 0.739 e. The molecular formula is C30H33N7O3. The first kappa shape index (κ1) is 27.0. The molecule has 0 aliphatic carbocycles. The maximum absolute atomic E-state index is 13.0. The summed E-state index contributed by atoms with van der Waals surface area (Å²) in [4.78, 5) is 20.5. The summed E-state index contributed by atoms with van der Waals surface area (Å²) in [7, 11) is 2.01. The van der Waals surface area contributed by atoms with Gasteiger partial charge in [-0.3, -0.25) is 10.1 Å². The number of aromatic nitrogens is 4. The highest BCUT2D eigenvalue weighted by atomic mass is 16.5. The third-order valence-corrected chi connectivity index (χ3v) is 7.05. The van der Waals surface area contributed by atoms with Gasteiger partial charge in [0.05, 0.1) is 23.1 Å². The second kappa shape index (κ2) is 11.7. The number of rotatable bonds is 10. The van der Waals surface area contributed by atoms with Crippen molar-refractivity contribution in [3.63, 3.8) is 0 Å². The molecule has 40 heavy (non-hydrogen) atoms. The van der Waals surface area contributed by atoms with Crippen LogP contribution in [0.4, 0.5) is 5.95 Å². The average Bonchev–Trinajstić information content (AvgIpc) is 2.94. The number of amides is 1. The molecule has 2 heterocycles. The summed E-state index contributed by atoms with van der Waals surface area (Å²) in [5.41, 5.74) is 4.70. The minimum atomic E-state index is -0.127. The molecule has 10 heteroatoms. The fourth-order valence-corrected chi connectivity index (χ4v) is 4.88. The number of fused-ring (bicyclic) bond motifs is 3. The summed E-state index contributed by atoms with van der Waals surface area (Å²) in [5, 5.41) is 36.7.